The number of hydrogen-bond acceptors (Lipinski definition) is 8. The average molecular weight is 606 g/mol. The third kappa shape index (κ3) is 6.39. The zero-order valence-electron chi connectivity index (χ0n) is 23.7. The largest absolute Gasteiger partial charge is 0.374 e. The fourth-order valence-electron chi connectivity index (χ4n) is 5.76. The molecule has 1 aromatic carbocycles. The third-order valence-corrected chi connectivity index (χ3v) is 9.35. The molecule has 3 aromatic rings. The van der Waals surface area contributed by atoms with Gasteiger partial charge >= 0.3 is 0 Å². The Bertz CT molecular complexity index is 1500. The lowest BCUT2D eigenvalue weighted by molar-refractivity contribution is -0.133. The van der Waals surface area contributed by atoms with Crippen molar-refractivity contribution in [2.45, 2.75) is 56.7 Å². The highest BCUT2D eigenvalue weighted by atomic mass is 35.5. The lowest BCUT2D eigenvalue weighted by Gasteiger charge is -2.36. The van der Waals surface area contributed by atoms with E-state index in [1.807, 2.05) is 23.6 Å². The van der Waals surface area contributed by atoms with E-state index >= 15 is 0 Å². The minimum absolute atomic E-state index is 0.125. The summed E-state index contributed by atoms with van der Waals surface area (Å²) in [5.74, 6) is 0.406. The molecular weight excluding hydrogens is 570 g/mol. The molecule has 2 aromatic heterocycles. The van der Waals surface area contributed by atoms with Gasteiger partial charge in [-0.25, -0.2) is 9.97 Å². The lowest BCUT2D eigenvalue weighted by atomic mass is 9.90. The van der Waals surface area contributed by atoms with Gasteiger partial charge in [0.25, 0.3) is 0 Å². The van der Waals surface area contributed by atoms with Crippen molar-refractivity contribution in [3.8, 4) is 0 Å². The van der Waals surface area contributed by atoms with Crippen LogP contribution in [0.2, 0.25) is 5.15 Å². The fraction of sp³-hybridized carbons (Fsp3) is 0.394. The molecule has 3 aliphatic rings. The smallest absolute Gasteiger partial charge is 0.222 e. The standard InChI is InChI=1S/C33H36ClN3O4S/c1-33(40-19-24-15-9-4-10-16-24)29(39-18-23-13-7-3-8-14-23)26(20-38-17-22-11-5-2-6-12-22)41-30(33)28-27-25(21-42-28)31(34)37-32(35)36-27/h2-9,11-13,15,21,23,26,29-30H,10,14,16-20H2,1H3,(H2,35,36)/t23?,26-,29-,30+,33-/m1/s1. The number of allylic oxidation sites excluding steroid dienone is 6. The van der Waals surface area contributed by atoms with Crippen LogP contribution in [0.1, 0.15) is 42.7 Å². The minimum Gasteiger partial charge on any atom is -0.374 e. The summed E-state index contributed by atoms with van der Waals surface area (Å²) < 4.78 is 26.8. The van der Waals surface area contributed by atoms with Crippen molar-refractivity contribution < 1.29 is 18.9 Å². The van der Waals surface area contributed by atoms with Crippen LogP contribution < -0.4 is 5.73 Å². The van der Waals surface area contributed by atoms with Crippen LogP contribution in [0.4, 0.5) is 5.95 Å². The van der Waals surface area contributed by atoms with E-state index in [1.54, 1.807) is 0 Å². The Morgan fingerprint density at radius 1 is 1.10 bits per heavy atom. The second-order valence-electron chi connectivity index (χ2n) is 11.1. The number of thiophene rings is 1. The maximum atomic E-state index is 6.88. The predicted octanol–water partition coefficient (Wildman–Crippen LogP) is 7.15. The highest BCUT2D eigenvalue weighted by Gasteiger charge is 2.57. The Hall–Kier alpha value is -2.85. The van der Waals surface area contributed by atoms with E-state index in [0.29, 0.717) is 37.1 Å². The SMILES string of the molecule is C[C@@]1(OCC2=CC=CCC2)[C@H](OCC2C=CC=CC2)[C@@H](COCc2ccccc2)O[C@H]1c1scc2c(Cl)nc(N)nc12. The molecule has 5 atom stereocenters. The first kappa shape index (κ1) is 29.2. The molecule has 2 N–H and O–H groups in total. The van der Waals surface area contributed by atoms with Crippen molar-refractivity contribution in [3.05, 3.63) is 99.4 Å². The summed E-state index contributed by atoms with van der Waals surface area (Å²) in [6, 6.07) is 10.1. The van der Waals surface area contributed by atoms with E-state index in [0.717, 1.165) is 35.1 Å². The zero-order chi connectivity index (χ0) is 28.9. The number of nitrogens with zero attached hydrogens (tertiary/aromatic N) is 2. The Morgan fingerprint density at radius 2 is 1.98 bits per heavy atom. The summed E-state index contributed by atoms with van der Waals surface area (Å²) in [5.41, 5.74) is 8.22. The highest BCUT2D eigenvalue weighted by Crippen LogP contribution is 2.50. The number of ether oxygens (including phenoxy) is 4. The van der Waals surface area contributed by atoms with Crippen LogP contribution in [-0.4, -0.2) is 47.6 Å². The molecule has 9 heteroatoms. The molecule has 1 unspecified atom stereocenters. The number of fused-ring (bicyclic) bond motifs is 1. The van der Waals surface area contributed by atoms with Crippen molar-refractivity contribution in [2.24, 2.45) is 5.92 Å². The molecule has 220 valence electrons. The fourth-order valence-corrected chi connectivity index (χ4v) is 7.21. The molecule has 0 spiro atoms. The predicted molar refractivity (Wildman–Crippen MR) is 167 cm³/mol. The maximum absolute atomic E-state index is 6.88. The molecule has 1 aliphatic heterocycles. The molecule has 42 heavy (non-hydrogen) atoms. The van der Waals surface area contributed by atoms with Gasteiger partial charge in [0.2, 0.25) is 5.95 Å². The monoisotopic (exact) mass is 605 g/mol. The first-order valence-electron chi connectivity index (χ1n) is 14.4. The Balaban J connectivity index is 1.33. The molecule has 1 fully saturated rings. The van der Waals surface area contributed by atoms with Crippen molar-refractivity contribution in [3.63, 3.8) is 0 Å². The van der Waals surface area contributed by atoms with Crippen LogP contribution in [0, 0.1) is 5.92 Å². The summed E-state index contributed by atoms with van der Waals surface area (Å²) in [7, 11) is 0. The van der Waals surface area contributed by atoms with E-state index < -0.39 is 17.8 Å². The molecule has 7 nitrogen and oxygen atoms in total. The number of rotatable bonds is 11. The van der Waals surface area contributed by atoms with E-state index in [1.165, 1.54) is 16.9 Å². The van der Waals surface area contributed by atoms with Gasteiger partial charge in [-0.2, -0.15) is 0 Å². The zero-order valence-corrected chi connectivity index (χ0v) is 25.2. The number of nitrogens with two attached hydrogens (primary N) is 1. The minimum atomic E-state index is -0.846. The Kier molecular flexibility index (Phi) is 9.19. The van der Waals surface area contributed by atoms with Crippen molar-refractivity contribution in [1.82, 2.24) is 9.97 Å². The molecule has 0 saturated carbocycles. The first-order chi connectivity index (χ1) is 20.5. The van der Waals surface area contributed by atoms with Gasteiger partial charge in [-0.15, -0.1) is 11.3 Å². The molecule has 2 aliphatic carbocycles. The number of aromatic nitrogens is 2. The van der Waals surface area contributed by atoms with Gasteiger partial charge in [-0.1, -0.05) is 84.5 Å². The number of nitrogen functional groups attached to an aromatic ring is 1. The van der Waals surface area contributed by atoms with Crippen LogP contribution in [-0.2, 0) is 25.6 Å². The summed E-state index contributed by atoms with van der Waals surface area (Å²) in [6.45, 7) is 3.94. The van der Waals surface area contributed by atoms with Crippen LogP contribution in [0.5, 0.6) is 0 Å². The van der Waals surface area contributed by atoms with Crippen LogP contribution in [0.15, 0.2) is 83.8 Å². The van der Waals surface area contributed by atoms with Crippen molar-refractivity contribution in [1.29, 1.82) is 0 Å². The summed E-state index contributed by atoms with van der Waals surface area (Å²) in [6.07, 6.45) is 16.6. The van der Waals surface area contributed by atoms with E-state index in [4.69, 9.17) is 36.3 Å². The first-order valence-corrected chi connectivity index (χ1v) is 15.7. The van der Waals surface area contributed by atoms with Gasteiger partial charge < -0.3 is 24.7 Å². The number of hydrogen-bond donors (Lipinski definition) is 1. The average Bonchev–Trinajstić information content (AvgIpc) is 3.55. The molecule has 3 heterocycles. The normalized spacial score (nSPS) is 27.1. The van der Waals surface area contributed by atoms with Gasteiger partial charge in [0.15, 0.2) is 0 Å². The molecular formula is C33H36ClN3O4S. The van der Waals surface area contributed by atoms with Gasteiger partial charge in [0.05, 0.1) is 36.8 Å². The quantitative estimate of drug-likeness (QED) is 0.232. The second kappa shape index (κ2) is 13.2. The Morgan fingerprint density at radius 3 is 2.76 bits per heavy atom. The molecule has 0 bridgehead atoms. The van der Waals surface area contributed by atoms with Crippen LogP contribution in [0.3, 0.4) is 0 Å². The molecule has 1 saturated heterocycles. The summed E-state index contributed by atoms with van der Waals surface area (Å²) in [5, 5.41) is 3.03. The van der Waals surface area contributed by atoms with Gasteiger partial charge in [-0.05, 0) is 37.3 Å². The second-order valence-corrected chi connectivity index (χ2v) is 12.4. The third-order valence-electron chi connectivity index (χ3n) is 8.05. The van der Waals surface area contributed by atoms with Crippen molar-refractivity contribution >= 4 is 39.8 Å². The number of anilines is 1. The van der Waals surface area contributed by atoms with E-state index in [-0.39, 0.29) is 18.0 Å². The molecule has 6 rings (SSSR count). The molecule has 0 radical (unpaired) electrons. The van der Waals surface area contributed by atoms with Gasteiger partial charge in [0.1, 0.15) is 29.1 Å². The van der Waals surface area contributed by atoms with E-state index in [9.17, 15) is 0 Å². The number of benzene rings is 1. The highest BCUT2D eigenvalue weighted by molar-refractivity contribution is 7.11. The summed E-state index contributed by atoms with van der Waals surface area (Å²) >= 11 is 8.00. The van der Waals surface area contributed by atoms with Crippen LogP contribution in [0.25, 0.3) is 10.9 Å². The number of halogens is 1. The molecule has 0 amide bonds. The van der Waals surface area contributed by atoms with E-state index in [2.05, 4.69) is 71.6 Å². The summed E-state index contributed by atoms with van der Waals surface area (Å²) in [4.78, 5) is 9.62. The maximum Gasteiger partial charge on any atom is 0.222 e. The van der Waals surface area contributed by atoms with Gasteiger partial charge in [-0.3, -0.25) is 0 Å². The van der Waals surface area contributed by atoms with Crippen molar-refractivity contribution in [2.75, 3.05) is 25.6 Å². The van der Waals surface area contributed by atoms with Gasteiger partial charge in [0, 0.05) is 16.7 Å². The van der Waals surface area contributed by atoms with Crippen LogP contribution >= 0.6 is 22.9 Å². The lowest BCUT2D eigenvalue weighted by Crippen LogP contribution is -2.48. The topological polar surface area (TPSA) is 88.7 Å². The Labute approximate surface area is 255 Å².